The van der Waals surface area contributed by atoms with Crippen LogP contribution in [0.3, 0.4) is 0 Å². The van der Waals surface area contributed by atoms with Crippen LogP contribution in [-0.2, 0) is 9.53 Å². The van der Waals surface area contributed by atoms with Crippen molar-refractivity contribution < 1.29 is 9.53 Å². The fourth-order valence-electron chi connectivity index (χ4n) is 1.26. The molecule has 0 N–H and O–H groups in total. The van der Waals surface area contributed by atoms with E-state index in [0.717, 1.165) is 6.04 Å². The number of ether oxygens (including phenoxy) is 1. The Balaban J connectivity index is 0.000000261. The molecular weight excluding hydrogens is 154 g/mol. The summed E-state index contributed by atoms with van der Waals surface area (Å²) in [7, 11) is 1.31. The van der Waals surface area contributed by atoms with E-state index >= 15 is 0 Å². The van der Waals surface area contributed by atoms with E-state index in [-0.39, 0.29) is 0 Å². The molecule has 1 fully saturated rings. The lowest BCUT2D eigenvalue weighted by Crippen LogP contribution is -2.26. The second-order valence-electron chi connectivity index (χ2n) is 3.17. The number of nitrogens with zero attached hydrogens (tertiary/aromatic N) is 1. The van der Waals surface area contributed by atoms with Crippen molar-refractivity contribution in [3.63, 3.8) is 0 Å². The molecule has 72 valence electrons. The zero-order valence-corrected chi connectivity index (χ0v) is 8.25. The van der Waals surface area contributed by atoms with Gasteiger partial charge in [-0.2, -0.15) is 0 Å². The molecule has 0 bridgehead atoms. The molecule has 0 saturated carbocycles. The summed E-state index contributed by atoms with van der Waals surface area (Å²) >= 11 is 0. The maximum Gasteiger partial charge on any atom is 0.292 e. The first-order chi connectivity index (χ1) is 5.72. The predicted octanol–water partition coefficient (Wildman–Crippen LogP) is 1.28. The molecule has 0 aromatic heterocycles. The third-order valence-electron chi connectivity index (χ3n) is 1.97. The predicted molar refractivity (Wildman–Crippen MR) is 49.0 cm³/mol. The van der Waals surface area contributed by atoms with Gasteiger partial charge >= 0.3 is 0 Å². The van der Waals surface area contributed by atoms with Crippen molar-refractivity contribution in [3.05, 3.63) is 0 Å². The van der Waals surface area contributed by atoms with Gasteiger partial charge in [-0.25, -0.2) is 0 Å². The van der Waals surface area contributed by atoms with Gasteiger partial charge in [-0.05, 0) is 39.8 Å². The van der Waals surface area contributed by atoms with Gasteiger partial charge in [0.2, 0.25) is 0 Å². The highest BCUT2D eigenvalue weighted by atomic mass is 16.5. The van der Waals surface area contributed by atoms with Gasteiger partial charge in [0.05, 0.1) is 7.11 Å². The van der Waals surface area contributed by atoms with Crippen LogP contribution in [-0.4, -0.2) is 37.6 Å². The molecule has 0 atom stereocenters. The number of methoxy groups -OCH3 is 1. The minimum atomic E-state index is 0.375. The number of likely N-dealkylation sites (tertiary alicyclic amines) is 1. The van der Waals surface area contributed by atoms with Crippen molar-refractivity contribution in [2.24, 2.45) is 0 Å². The van der Waals surface area contributed by atoms with Gasteiger partial charge in [0.1, 0.15) is 0 Å². The molecule has 3 nitrogen and oxygen atoms in total. The van der Waals surface area contributed by atoms with Crippen molar-refractivity contribution in [2.75, 3.05) is 20.2 Å². The largest absolute Gasteiger partial charge is 0.471 e. The molecule has 1 saturated heterocycles. The molecular formula is C9H19NO2. The standard InChI is InChI=1S/C7H15N.C2H4O2/c1-7(2)8-5-3-4-6-8;1-4-2-3/h7H,3-6H2,1-2H3;2H,1H3. The average Bonchev–Trinajstić information content (AvgIpc) is 2.57. The van der Waals surface area contributed by atoms with Gasteiger partial charge in [0.15, 0.2) is 0 Å². The number of hydrogen-bond donors (Lipinski definition) is 0. The first-order valence-corrected chi connectivity index (χ1v) is 4.43. The molecule has 0 amide bonds. The van der Waals surface area contributed by atoms with Gasteiger partial charge < -0.3 is 9.64 Å². The summed E-state index contributed by atoms with van der Waals surface area (Å²) in [6.45, 7) is 7.58. The summed E-state index contributed by atoms with van der Waals surface area (Å²) in [5, 5.41) is 0. The summed E-state index contributed by atoms with van der Waals surface area (Å²) < 4.78 is 3.86. The molecule has 12 heavy (non-hydrogen) atoms. The van der Waals surface area contributed by atoms with E-state index in [4.69, 9.17) is 4.79 Å². The Labute approximate surface area is 74.7 Å². The highest BCUT2D eigenvalue weighted by Crippen LogP contribution is 2.09. The Morgan fingerprint density at radius 3 is 1.92 bits per heavy atom. The normalized spacial score (nSPS) is 17.0. The second-order valence-corrected chi connectivity index (χ2v) is 3.17. The van der Waals surface area contributed by atoms with E-state index < -0.39 is 0 Å². The van der Waals surface area contributed by atoms with E-state index in [1.54, 1.807) is 0 Å². The molecule has 0 aromatic carbocycles. The highest BCUT2D eigenvalue weighted by Gasteiger charge is 2.13. The Hall–Kier alpha value is -0.570. The Kier molecular flexibility index (Phi) is 6.76. The van der Waals surface area contributed by atoms with Crippen molar-refractivity contribution in [1.29, 1.82) is 0 Å². The van der Waals surface area contributed by atoms with Crippen LogP contribution in [0.5, 0.6) is 0 Å². The zero-order valence-electron chi connectivity index (χ0n) is 8.25. The van der Waals surface area contributed by atoms with Crippen molar-refractivity contribution in [1.82, 2.24) is 4.90 Å². The van der Waals surface area contributed by atoms with Crippen LogP contribution < -0.4 is 0 Å². The van der Waals surface area contributed by atoms with Crippen LogP contribution in [0, 0.1) is 0 Å². The van der Waals surface area contributed by atoms with Gasteiger partial charge in [-0.15, -0.1) is 0 Å². The fraction of sp³-hybridized carbons (Fsp3) is 0.889. The van der Waals surface area contributed by atoms with Gasteiger partial charge in [0.25, 0.3) is 6.47 Å². The summed E-state index contributed by atoms with van der Waals surface area (Å²) in [6, 6.07) is 0.775. The lowest BCUT2D eigenvalue weighted by Gasteiger charge is -2.18. The second kappa shape index (κ2) is 7.10. The average molecular weight is 173 g/mol. The van der Waals surface area contributed by atoms with E-state index in [2.05, 4.69) is 23.5 Å². The van der Waals surface area contributed by atoms with Crippen LogP contribution >= 0.6 is 0 Å². The molecule has 0 aliphatic carbocycles. The minimum absolute atomic E-state index is 0.375. The van der Waals surface area contributed by atoms with Crippen LogP contribution in [0.15, 0.2) is 0 Å². The van der Waals surface area contributed by atoms with E-state index in [0.29, 0.717) is 6.47 Å². The summed E-state index contributed by atoms with van der Waals surface area (Å²) in [5.74, 6) is 0. The van der Waals surface area contributed by atoms with Gasteiger partial charge in [0, 0.05) is 6.04 Å². The Morgan fingerprint density at radius 1 is 1.33 bits per heavy atom. The Morgan fingerprint density at radius 2 is 1.75 bits per heavy atom. The smallest absolute Gasteiger partial charge is 0.292 e. The molecule has 0 spiro atoms. The summed E-state index contributed by atoms with van der Waals surface area (Å²) in [5.41, 5.74) is 0. The quantitative estimate of drug-likeness (QED) is 0.589. The van der Waals surface area contributed by atoms with Crippen LogP contribution in [0.1, 0.15) is 26.7 Å². The van der Waals surface area contributed by atoms with Gasteiger partial charge in [-0.3, -0.25) is 4.79 Å². The van der Waals surface area contributed by atoms with Gasteiger partial charge in [-0.1, -0.05) is 0 Å². The molecule has 1 aliphatic rings. The van der Waals surface area contributed by atoms with Crippen LogP contribution in [0.4, 0.5) is 0 Å². The number of hydrogen-bond acceptors (Lipinski definition) is 3. The highest BCUT2D eigenvalue weighted by molar-refractivity contribution is 5.36. The maximum absolute atomic E-state index is 8.95. The van der Waals surface area contributed by atoms with E-state index in [9.17, 15) is 0 Å². The van der Waals surface area contributed by atoms with Crippen LogP contribution in [0.25, 0.3) is 0 Å². The number of carbonyl (C=O) groups excluding carboxylic acids is 1. The van der Waals surface area contributed by atoms with Crippen molar-refractivity contribution >= 4 is 6.47 Å². The first-order valence-electron chi connectivity index (χ1n) is 4.43. The summed E-state index contributed by atoms with van der Waals surface area (Å²) in [4.78, 5) is 11.5. The fourth-order valence-corrected chi connectivity index (χ4v) is 1.26. The number of carbonyl (C=O) groups is 1. The molecule has 3 heteroatoms. The van der Waals surface area contributed by atoms with Crippen LogP contribution in [0.2, 0.25) is 0 Å². The van der Waals surface area contributed by atoms with E-state index in [1.807, 2.05) is 0 Å². The zero-order chi connectivity index (χ0) is 9.40. The third kappa shape index (κ3) is 5.13. The SMILES string of the molecule is CC(C)N1CCCC1.COC=O. The Bertz CT molecular complexity index is 109. The monoisotopic (exact) mass is 173 g/mol. The first kappa shape index (κ1) is 11.4. The number of rotatable bonds is 2. The molecule has 0 unspecified atom stereocenters. The topological polar surface area (TPSA) is 29.5 Å². The molecule has 1 heterocycles. The van der Waals surface area contributed by atoms with E-state index in [1.165, 1.54) is 33.0 Å². The lowest BCUT2D eigenvalue weighted by atomic mass is 10.3. The molecule has 1 rings (SSSR count). The molecule has 0 radical (unpaired) electrons. The molecule has 1 aliphatic heterocycles. The van der Waals surface area contributed by atoms with Crippen molar-refractivity contribution in [2.45, 2.75) is 32.7 Å². The third-order valence-corrected chi connectivity index (χ3v) is 1.97. The lowest BCUT2D eigenvalue weighted by molar-refractivity contribution is -0.126. The molecule has 0 aromatic rings. The van der Waals surface area contributed by atoms with Crippen molar-refractivity contribution in [3.8, 4) is 0 Å². The summed E-state index contributed by atoms with van der Waals surface area (Å²) in [6.07, 6.45) is 2.83. The minimum Gasteiger partial charge on any atom is -0.471 e. The maximum atomic E-state index is 8.95.